The van der Waals surface area contributed by atoms with Gasteiger partial charge in [0.05, 0.1) is 17.7 Å². The summed E-state index contributed by atoms with van der Waals surface area (Å²) in [4.78, 5) is 28.8. The Morgan fingerprint density at radius 1 is 0.976 bits per heavy atom. The van der Waals surface area contributed by atoms with E-state index in [1.807, 2.05) is 0 Å². The third-order valence-corrected chi connectivity index (χ3v) is 9.37. The minimum absolute atomic E-state index is 0.0109. The lowest BCUT2D eigenvalue weighted by atomic mass is 10.1. The summed E-state index contributed by atoms with van der Waals surface area (Å²) in [5.74, 6) is -0.666. The van der Waals surface area contributed by atoms with Crippen LogP contribution in [-0.4, -0.2) is 50.9 Å². The van der Waals surface area contributed by atoms with Gasteiger partial charge >= 0.3 is 0 Å². The highest BCUT2D eigenvalue weighted by molar-refractivity contribution is 7.92. The normalized spacial score (nSPS) is 14.3. The molecule has 0 bridgehead atoms. The molecule has 1 aliphatic carbocycles. The zero-order valence-electron chi connectivity index (χ0n) is 22.9. The van der Waals surface area contributed by atoms with Crippen molar-refractivity contribution in [2.75, 3.05) is 18.0 Å². The van der Waals surface area contributed by atoms with E-state index in [9.17, 15) is 18.0 Å². The van der Waals surface area contributed by atoms with E-state index < -0.39 is 28.5 Å². The van der Waals surface area contributed by atoms with Crippen molar-refractivity contribution in [3.8, 4) is 5.75 Å². The van der Waals surface area contributed by atoms with Gasteiger partial charge in [-0.3, -0.25) is 13.9 Å². The minimum Gasteiger partial charge on any atom is -0.495 e. The summed E-state index contributed by atoms with van der Waals surface area (Å²) in [6, 6.07) is 18.5. The van der Waals surface area contributed by atoms with Gasteiger partial charge in [-0.05, 0) is 67.8 Å². The number of carbonyl (C=O) groups is 2. The second-order valence-electron chi connectivity index (χ2n) is 9.96. The molecule has 8 nitrogen and oxygen atoms in total. The number of ether oxygens (including phenoxy) is 1. The van der Waals surface area contributed by atoms with Crippen LogP contribution in [0.4, 0.5) is 5.69 Å². The van der Waals surface area contributed by atoms with Crippen LogP contribution >= 0.6 is 23.2 Å². The Morgan fingerprint density at radius 3 is 2.32 bits per heavy atom. The smallest absolute Gasteiger partial charge is 0.264 e. The van der Waals surface area contributed by atoms with E-state index >= 15 is 0 Å². The first-order chi connectivity index (χ1) is 19.6. The van der Waals surface area contributed by atoms with E-state index in [1.165, 1.54) is 36.3 Å². The van der Waals surface area contributed by atoms with E-state index in [1.54, 1.807) is 55.5 Å². The number of nitrogens with one attached hydrogen (secondary N) is 1. The highest BCUT2D eigenvalue weighted by atomic mass is 35.5. The Labute approximate surface area is 251 Å². The van der Waals surface area contributed by atoms with Crippen molar-refractivity contribution in [2.45, 2.75) is 56.1 Å². The van der Waals surface area contributed by atoms with E-state index in [0.717, 1.165) is 30.0 Å². The van der Waals surface area contributed by atoms with Crippen molar-refractivity contribution in [3.05, 3.63) is 88.4 Å². The van der Waals surface area contributed by atoms with Gasteiger partial charge in [0.2, 0.25) is 11.8 Å². The number of benzene rings is 3. The number of sulfonamides is 1. The molecule has 3 aromatic rings. The van der Waals surface area contributed by atoms with Crippen molar-refractivity contribution in [3.63, 3.8) is 0 Å². The summed E-state index contributed by atoms with van der Waals surface area (Å²) >= 11 is 12.5. The number of rotatable bonds is 11. The van der Waals surface area contributed by atoms with Gasteiger partial charge in [-0.1, -0.05) is 66.4 Å². The Morgan fingerprint density at radius 2 is 1.66 bits per heavy atom. The van der Waals surface area contributed by atoms with Crippen molar-refractivity contribution < 1.29 is 22.7 Å². The van der Waals surface area contributed by atoms with Gasteiger partial charge in [0.25, 0.3) is 10.0 Å². The molecule has 0 aromatic heterocycles. The Kier molecular flexibility index (Phi) is 10.2. The van der Waals surface area contributed by atoms with Crippen LogP contribution in [0.5, 0.6) is 5.75 Å². The van der Waals surface area contributed by atoms with Crippen LogP contribution in [0.2, 0.25) is 10.0 Å². The quantitative estimate of drug-likeness (QED) is 0.299. The maximum Gasteiger partial charge on any atom is 0.264 e. The monoisotopic (exact) mass is 617 g/mol. The van der Waals surface area contributed by atoms with Crippen LogP contribution in [0.15, 0.2) is 77.7 Å². The Hall–Kier alpha value is -3.27. The van der Waals surface area contributed by atoms with Crippen LogP contribution in [0.3, 0.4) is 0 Å². The average Bonchev–Trinajstić information content (AvgIpc) is 3.47. The molecule has 1 atom stereocenters. The molecule has 0 radical (unpaired) electrons. The number of halogens is 2. The molecule has 4 rings (SSSR count). The summed E-state index contributed by atoms with van der Waals surface area (Å²) in [6.45, 7) is 1.09. The highest BCUT2D eigenvalue weighted by Gasteiger charge is 2.34. The van der Waals surface area contributed by atoms with Crippen molar-refractivity contribution >= 4 is 50.7 Å². The highest BCUT2D eigenvalue weighted by Crippen LogP contribution is 2.35. The molecule has 0 heterocycles. The molecule has 1 fully saturated rings. The Balaban J connectivity index is 1.73. The molecule has 0 aliphatic heterocycles. The summed E-state index contributed by atoms with van der Waals surface area (Å²) in [6.07, 6.45) is 3.85. The lowest BCUT2D eigenvalue weighted by molar-refractivity contribution is -0.139. The predicted molar refractivity (Wildman–Crippen MR) is 161 cm³/mol. The standard InChI is InChI=1S/C30H33Cl2N3O5S/c1-21(30(37)33-25-11-6-7-12-25)34(19-22-9-8-10-23(31)17-22)29(36)20-35(27-18-24(32)15-16-28(27)40-2)41(38,39)26-13-4-3-5-14-26/h3-5,8-10,13-18,21,25H,6-7,11-12,19-20H2,1-2H3,(H,33,37). The van der Waals surface area contributed by atoms with Gasteiger partial charge in [-0.15, -0.1) is 0 Å². The lowest BCUT2D eigenvalue weighted by Crippen LogP contribution is -2.52. The summed E-state index contributed by atoms with van der Waals surface area (Å²) in [5, 5.41) is 3.80. The second-order valence-corrected chi connectivity index (χ2v) is 12.7. The van der Waals surface area contributed by atoms with E-state index in [4.69, 9.17) is 27.9 Å². The van der Waals surface area contributed by atoms with Crippen molar-refractivity contribution in [1.82, 2.24) is 10.2 Å². The third kappa shape index (κ3) is 7.52. The molecule has 1 N–H and O–H groups in total. The van der Waals surface area contributed by atoms with E-state index in [0.29, 0.717) is 10.6 Å². The SMILES string of the molecule is COc1ccc(Cl)cc1N(CC(=O)N(Cc1cccc(Cl)c1)C(C)C(=O)NC1CCCC1)S(=O)(=O)c1ccccc1. The van der Waals surface area contributed by atoms with Gasteiger partial charge in [-0.25, -0.2) is 8.42 Å². The predicted octanol–water partition coefficient (Wildman–Crippen LogP) is 5.67. The maximum atomic E-state index is 14.1. The topological polar surface area (TPSA) is 96.0 Å². The number of carbonyl (C=O) groups excluding carboxylic acids is 2. The molecule has 11 heteroatoms. The minimum atomic E-state index is -4.25. The Bertz CT molecular complexity index is 1480. The average molecular weight is 619 g/mol. The van der Waals surface area contributed by atoms with Gasteiger partial charge < -0.3 is 15.0 Å². The first-order valence-electron chi connectivity index (χ1n) is 13.4. The zero-order chi connectivity index (χ0) is 29.6. The van der Waals surface area contributed by atoms with Crippen LogP contribution in [-0.2, 0) is 26.2 Å². The van der Waals surface area contributed by atoms with Crippen LogP contribution < -0.4 is 14.4 Å². The van der Waals surface area contributed by atoms with Crippen LogP contribution in [0.1, 0.15) is 38.2 Å². The fourth-order valence-corrected chi connectivity index (χ4v) is 6.71. The zero-order valence-corrected chi connectivity index (χ0v) is 25.3. The lowest BCUT2D eigenvalue weighted by Gasteiger charge is -2.33. The molecule has 218 valence electrons. The molecule has 0 spiro atoms. The van der Waals surface area contributed by atoms with E-state index in [2.05, 4.69) is 5.32 Å². The first kappa shape index (κ1) is 30.7. The summed E-state index contributed by atoms with van der Waals surface area (Å²) < 4.78 is 34.4. The second kappa shape index (κ2) is 13.6. The molecule has 1 aliphatic rings. The van der Waals surface area contributed by atoms with Crippen LogP contribution in [0.25, 0.3) is 0 Å². The van der Waals surface area contributed by atoms with Crippen molar-refractivity contribution in [1.29, 1.82) is 0 Å². The molecular weight excluding hydrogens is 585 g/mol. The molecular formula is C30H33Cl2N3O5S. The largest absolute Gasteiger partial charge is 0.495 e. The summed E-state index contributed by atoms with van der Waals surface area (Å²) in [5.41, 5.74) is 0.798. The van der Waals surface area contributed by atoms with Gasteiger partial charge in [0, 0.05) is 22.6 Å². The number of hydrogen-bond donors (Lipinski definition) is 1. The molecule has 0 saturated heterocycles. The molecule has 3 aromatic carbocycles. The number of anilines is 1. The third-order valence-electron chi connectivity index (χ3n) is 7.13. The van der Waals surface area contributed by atoms with Crippen molar-refractivity contribution in [2.24, 2.45) is 0 Å². The number of hydrogen-bond acceptors (Lipinski definition) is 5. The molecule has 41 heavy (non-hydrogen) atoms. The number of methoxy groups -OCH3 is 1. The van der Waals surface area contributed by atoms with Gasteiger partial charge in [0.1, 0.15) is 18.3 Å². The molecule has 1 saturated carbocycles. The fourth-order valence-electron chi connectivity index (χ4n) is 4.90. The maximum absolute atomic E-state index is 14.1. The van der Waals surface area contributed by atoms with Crippen LogP contribution in [0, 0.1) is 0 Å². The molecule has 1 unspecified atom stereocenters. The number of nitrogens with zero attached hydrogens (tertiary/aromatic N) is 2. The first-order valence-corrected chi connectivity index (χ1v) is 15.6. The van der Waals surface area contributed by atoms with Gasteiger partial charge in [0.15, 0.2) is 0 Å². The number of amides is 2. The van der Waals surface area contributed by atoms with E-state index in [-0.39, 0.29) is 39.8 Å². The molecule has 2 amide bonds. The van der Waals surface area contributed by atoms with Gasteiger partial charge in [-0.2, -0.15) is 0 Å². The fraction of sp³-hybridized carbons (Fsp3) is 0.333. The summed E-state index contributed by atoms with van der Waals surface area (Å²) in [7, 11) is -2.85.